The van der Waals surface area contributed by atoms with Gasteiger partial charge in [-0.25, -0.2) is 0 Å². The van der Waals surface area contributed by atoms with E-state index in [4.69, 9.17) is 9.47 Å². The van der Waals surface area contributed by atoms with Gasteiger partial charge in [0.1, 0.15) is 0 Å². The minimum absolute atomic E-state index is 0.0128. The van der Waals surface area contributed by atoms with Gasteiger partial charge in [0.2, 0.25) is 0 Å². The number of benzene rings is 1. The molecule has 6 nitrogen and oxygen atoms in total. The SMILES string of the molecule is COCCNCC1(c2ccc([N+](=O)[O-])cc2)CCOCC1. The van der Waals surface area contributed by atoms with Gasteiger partial charge in [0, 0.05) is 51.0 Å². The second-order valence-corrected chi connectivity index (χ2v) is 5.37. The van der Waals surface area contributed by atoms with Gasteiger partial charge in [0.15, 0.2) is 0 Å². The van der Waals surface area contributed by atoms with E-state index >= 15 is 0 Å². The molecular weight excluding hydrogens is 272 g/mol. The van der Waals surface area contributed by atoms with Crippen LogP contribution < -0.4 is 5.32 Å². The van der Waals surface area contributed by atoms with Crippen LogP contribution in [0.5, 0.6) is 0 Å². The van der Waals surface area contributed by atoms with Crippen LogP contribution in [0, 0.1) is 10.1 Å². The predicted octanol–water partition coefficient (Wildman–Crippen LogP) is 1.88. The molecule has 0 amide bonds. The Hall–Kier alpha value is -1.50. The number of hydrogen-bond acceptors (Lipinski definition) is 5. The fourth-order valence-electron chi connectivity index (χ4n) is 2.77. The first-order valence-electron chi connectivity index (χ1n) is 7.20. The molecule has 1 aliphatic heterocycles. The highest BCUT2D eigenvalue weighted by Crippen LogP contribution is 2.35. The van der Waals surface area contributed by atoms with E-state index < -0.39 is 0 Å². The Bertz CT molecular complexity index is 455. The smallest absolute Gasteiger partial charge is 0.269 e. The van der Waals surface area contributed by atoms with Gasteiger partial charge in [-0.05, 0) is 18.4 Å². The second-order valence-electron chi connectivity index (χ2n) is 5.37. The van der Waals surface area contributed by atoms with Crippen LogP contribution in [-0.2, 0) is 14.9 Å². The third kappa shape index (κ3) is 4.00. The molecule has 0 radical (unpaired) electrons. The van der Waals surface area contributed by atoms with Crippen LogP contribution in [0.2, 0.25) is 0 Å². The predicted molar refractivity (Wildman–Crippen MR) is 79.6 cm³/mol. The summed E-state index contributed by atoms with van der Waals surface area (Å²) >= 11 is 0. The van der Waals surface area contributed by atoms with Crippen molar-refractivity contribution in [1.82, 2.24) is 5.32 Å². The highest BCUT2D eigenvalue weighted by Gasteiger charge is 2.34. The third-order valence-electron chi connectivity index (χ3n) is 4.09. The fourth-order valence-corrected chi connectivity index (χ4v) is 2.77. The summed E-state index contributed by atoms with van der Waals surface area (Å²) in [5.41, 5.74) is 1.26. The molecule has 6 heteroatoms. The number of methoxy groups -OCH3 is 1. The Labute approximate surface area is 124 Å². The van der Waals surface area contributed by atoms with Crippen molar-refractivity contribution in [2.24, 2.45) is 0 Å². The maximum atomic E-state index is 10.8. The van der Waals surface area contributed by atoms with Gasteiger partial charge in [-0.3, -0.25) is 10.1 Å². The molecule has 0 saturated carbocycles. The Morgan fingerprint density at radius 1 is 1.33 bits per heavy atom. The molecule has 116 valence electrons. The van der Waals surface area contributed by atoms with E-state index in [1.165, 1.54) is 0 Å². The number of hydrogen-bond donors (Lipinski definition) is 1. The molecule has 2 rings (SSSR count). The Morgan fingerprint density at radius 3 is 2.57 bits per heavy atom. The molecule has 1 aromatic rings. The van der Waals surface area contributed by atoms with Crippen molar-refractivity contribution in [3.05, 3.63) is 39.9 Å². The van der Waals surface area contributed by atoms with Crippen LogP contribution in [0.4, 0.5) is 5.69 Å². The summed E-state index contributed by atoms with van der Waals surface area (Å²) < 4.78 is 10.5. The van der Waals surface area contributed by atoms with Crippen molar-refractivity contribution in [3.8, 4) is 0 Å². The minimum Gasteiger partial charge on any atom is -0.383 e. The molecule has 1 aliphatic rings. The molecule has 0 aromatic heterocycles. The largest absolute Gasteiger partial charge is 0.383 e. The molecule has 1 aromatic carbocycles. The van der Waals surface area contributed by atoms with Gasteiger partial charge >= 0.3 is 0 Å². The molecule has 0 atom stereocenters. The summed E-state index contributed by atoms with van der Waals surface area (Å²) in [5.74, 6) is 0. The summed E-state index contributed by atoms with van der Waals surface area (Å²) in [6.07, 6.45) is 1.84. The molecule has 0 spiro atoms. The lowest BCUT2D eigenvalue weighted by Crippen LogP contribution is -2.43. The first kappa shape index (κ1) is 15.9. The van der Waals surface area contributed by atoms with Crippen LogP contribution in [0.1, 0.15) is 18.4 Å². The van der Waals surface area contributed by atoms with Crippen LogP contribution in [0.15, 0.2) is 24.3 Å². The molecule has 1 fully saturated rings. The lowest BCUT2D eigenvalue weighted by molar-refractivity contribution is -0.384. The highest BCUT2D eigenvalue weighted by molar-refractivity contribution is 5.37. The molecule has 1 N–H and O–H groups in total. The average Bonchev–Trinajstić information content (AvgIpc) is 2.53. The van der Waals surface area contributed by atoms with E-state index in [1.54, 1.807) is 19.2 Å². The van der Waals surface area contributed by atoms with Crippen molar-refractivity contribution in [2.45, 2.75) is 18.3 Å². The number of non-ortho nitro benzene ring substituents is 1. The zero-order chi connectivity index (χ0) is 15.1. The zero-order valence-corrected chi connectivity index (χ0v) is 12.3. The Balaban J connectivity index is 2.12. The molecule has 0 unspecified atom stereocenters. The van der Waals surface area contributed by atoms with Gasteiger partial charge in [0.25, 0.3) is 5.69 Å². The zero-order valence-electron chi connectivity index (χ0n) is 12.3. The Morgan fingerprint density at radius 2 is 2.00 bits per heavy atom. The topological polar surface area (TPSA) is 73.6 Å². The van der Waals surface area contributed by atoms with Gasteiger partial charge in [-0.15, -0.1) is 0 Å². The van der Waals surface area contributed by atoms with E-state index in [9.17, 15) is 10.1 Å². The summed E-state index contributed by atoms with van der Waals surface area (Å²) in [5, 5.41) is 14.2. The molecule has 1 saturated heterocycles. The van der Waals surface area contributed by atoms with Crippen LogP contribution >= 0.6 is 0 Å². The van der Waals surface area contributed by atoms with Gasteiger partial charge < -0.3 is 14.8 Å². The second kappa shape index (κ2) is 7.49. The third-order valence-corrected chi connectivity index (χ3v) is 4.09. The minimum atomic E-state index is -0.364. The summed E-state index contributed by atoms with van der Waals surface area (Å²) in [4.78, 5) is 10.4. The molecule has 0 bridgehead atoms. The first-order valence-corrected chi connectivity index (χ1v) is 7.20. The molecule has 21 heavy (non-hydrogen) atoms. The highest BCUT2D eigenvalue weighted by atomic mass is 16.6. The monoisotopic (exact) mass is 294 g/mol. The number of rotatable bonds is 7. The van der Waals surface area contributed by atoms with E-state index in [0.717, 1.165) is 44.7 Å². The number of nitrogens with one attached hydrogen (secondary N) is 1. The van der Waals surface area contributed by atoms with E-state index in [1.807, 2.05) is 12.1 Å². The average molecular weight is 294 g/mol. The van der Waals surface area contributed by atoms with E-state index in [2.05, 4.69) is 5.32 Å². The maximum Gasteiger partial charge on any atom is 0.269 e. The number of nitrogens with zero attached hydrogens (tertiary/aromatic N) is 1. The van der Waals surface area contributed by atoms with Crippen molar-refractivity contribution in [1.29, 1.82) is 0 Å². The summed E-state index contributed by atoms with van der Waals surface area (Å²) in [6, 6.07) is 6.92. The van der Waals surface area contributed by atoms with Crippen molar-refractivity contribution in [3.63, 3.8) is 0 Å². The van der Waals surface area contributed by atoms with Crippen LogP contribution in [-0.4, -0.2) is 44.9 Å². The summed E-state index contributed by atoms with van der Waals surface area (Å²) in [6.45, 7) is 3.75. The lowest BCUT2D eigenvalue weighted by atomic mass is 9.74. The van der Waals surface area contributed by atoms with E-state index in [-0.39, 0.29) is 16.0 Å². The van der Waals surface area contributed by atoms with Gasteiger partial charge in [0.05, 0.1) is 11.5 Å². The number of nitro groups is 1. The maximum absolute atomic E-state index is 10.8. The Kier molecular flexibility index (Phi) is 5.67. The number of nitro benzene ring substituents is 1. The first-order chi connectivity index (χ1) is 10.2. The standard InChI is InChI=1S/C15H22N2O4/c1-20-11-8-16-12-15(6-9-21-10-7-15)13-2-4-14(5-3-13)17(18)19/h2-5,16H,6-12H2,1H3. The fraction of sp³-hybridized carbons (Fsp3) is 0.600. The molecule has 1 heterocycles. The van der Waals surface area contributed by atoms with E-state index in [0.29, 0.717) is 6.61 Å². The molecular formula is C15H22N2O4. The lowest BCUT2D eigenvalue weighted by Gasteiger charge is -2.38. The van der Waals surface area contributed by atoms with Gasteiger partial charge in [-0.1, -0.05) is 12.1 Å². The summed E-state index contributed by atoms with van der Waals surface area (Å²) in [7, 11) is 1.68. The molecule has 0 aliphatic carbocycles. The van der Waals surface area contributed by atoms with Crippen LogP contribution in [0.25, 0.3) is 0 Å². The van der Waals surface area contributed by atoms with Crippen LogP contribution in [0.3, 0.4) is 0 Å². The van der Waals surface area contributed by atoms with Crippen molar-refractivity contribution in [2.75, 3.05) is 40.0 Å². The quantitative estimate of drug-likeness (QED) is 0.472. The van der Waals surface area contributed by atoms with Gasteiger partial charge in [-0.2, -0.15) is 0 Å². The normalized spacial score (nSPS) is 17.6. The van der Waals surface area contributed by atoms with Crippen molar-refractivity contribution >= 4 is 5.69 Å². The van der Waals surface area contributed by atoms with Crippen molar-refractivity contribution < 1.29 is 14.4 Å². The number of ether oxygens (including phenoxy) is 2.